The summed E-state index contributed by atoms with van der Waals surface area (Å²) in [5.41, 5.74) is 0. The number of hydrogen-bond donors (Lipinski definition) is 0. The number of nitrogens with zero attached hydrogens (tertiary/aromatic N) is 1. The number of hydrogen-bond acceptors (Lipinski definition) is 4. The van der Waals surface area contributed by atoms with Gasteiger partial charge in [0.05, 0.1) is 25.9 Å². The van der Waals surface area contributed by atoms with E-state index in [0.29, 0.717) is 12.6 Å². The monoisotopic (exact) mass is 257 g/mol. The normalized spacial score (nSPS) is 31.7. The molecule has 0 aromatic carbocycles. The molecule has 2 heterocycles. The third-order valence-electron chi connectivity index (χ3n) is 3.89. The van der Waals surface area contributed by atoms with E-state index in [4.69, 9.17) is 14.2 Å². The van der Waals surface area contributed by atoms with Crippen LogP contribution in [0.1, 0.15) is 33.1 Å². The van der Waals surface area contributed by atoms with E-state index < -0.39 is 0 Å². The second kappa shape index (κ2) is 7.43. The van der Waals surface area contributed by atoms with Gasteiger partial charge in [-0.15, -0.1) is 0 Å². The van der Waals surface area contributed by atoms with Gasteiger partial charge in [0, 0.05) is 6.61 Å². The molecule has 0 aromatic heterocycles. The molecule has 4 heteroatoms. The summed E-state index contributed by atoms with van der Waals surface area (Å²) in [5, 5.41) is 0. The summed E-state index contributed by atoms with van der Waals surface area (Å²) >= 11 is 0. The topological polar surface area (TPSA) is 30.9 Å². The third kappa shape index (κ3) is 4.19. The van der Waals surface area contributed by atoms with Crippen molar-refractivity contribution >= 4 is 0 Å². The predicted molar refractivity (Wildman–Crippen MR) is 70.6 cm³/mol. The smallest absolute Gasteiger partial charge is 0.180 e. The predicted octanol–water partition coefficient (Wildman–Crippen LogP) is 1.89. The maximum Gasteiger partial charge on any atom is 0.180 e. The number of ether oxygens (including phenoxy) is 3. The first-order valence-electron chi connectivity index (χ1n) is 7.34. The molecule has 0 amide bonds. The molecule has 0 saturated carbocycles. The summed E-state index contributed by atoms with van der Waals surface area (Å²) in [7, 11) is 0. The molecule has 0 radical (unpaired) electrons. The molecule has 0 N–H and O–H groups in total. The largest absolute Gasteiger partial charge is 0.376 e. The van der Waals surface area contributed by atoms with E-state index in [1.54, 1.807) is 0 Å². The van der Waals surface area contributed by atoms with E-state index in [2.05, 4.69) is 18.7 Å². The molecule has 0 bridgehead atoms. The summed E-state index contributed by atoms with van der Waals surface area (Å²) in [6, 6.07) is 0.444. The third-order valence-corrected chi connectivity index (χ3v) is 3.89. The van der Waals surface area contributed by atoms with Gasteiger partial charge in [0.2, 0.25) is 0 Å². The van der Waals surface area contributed by atoms with E-state index in [0.717, 1.165) is 32.2 Å². The van der Waals surface area contributed by atoms with Crippen molar-refractivity contribution in [1.29, 1.82) is 0 Å². The first kappa shape index (κ1) is 14.3. The molecular weight excluding hydrogens is 230 g/mol. The zero-order chi connectivity index (χ0) is 12.8. The molecule has 0 aliphatic carbocycles. The van der Waals surface area contributed by atoms with Gasteiger partial charge in [0.1, 0.15) is 0 Å². The van der Waals surface area contributed by atoms with Crippen LogP contribution in [0.3, 0.4) is 0 Å². The molecular formula is C14H27NO3. The van der Waals surface area contributed by atoms with Crippen molar-refractivity contribution in [3.63, 3.8) is 0 Å². The van der Waals surface area contributed by atoms with Crippen molar-refractivity contribution in [1.82, 2.24) is 4.90 Å². The molecule has 2 saturated heterocycles. The van der Waals surface area contributed by atoms with Crippen LogP contribution in [0.4, 0.5) is 0 Å². The Labute approximate surface area is 111 Å². The second-order valence-corrected chi connectivity index (χ2v) is 5.54. The number of rotatable bonds is 5. The highest BCUT2D eigenvalue weighted by Crippen LogP contribution is 2.20. The maximum absolute atomic E-state index is 5.73. The highest BCUT2D eigenvalue weighted by atomic mass is 16.7. The zero-order valence-electron chi connectivity index (χ0n) is 11.8. The lowest BCUT2D eigenvalue weighted by Gasteiger charge is -2.39. The van der Waals surface area contributed by atoms with Crippen LogP contribution in [0.15, 0.2) is 0 Å². The van der Waals surface area contributed by atoms with Crippen LogP contribution in [-0.2, 0) is 14.2 Å². The molecule has 0 spiro atoms. The molecule has 18 heavy (non-hydrogen) atoms. The Balaban J connectivity index is 1.63. The van der Waals surface area contributed by atoms with Crippen LogP contribution in [0.5, 0.6) is 0 Å². The van der Waals surface area contributed by atoms with Gasteiger partial charge in [0.15, 0.2) is 6.29 Å². The lowest BCUT2D eigenvalue weighted by atomic mass is 9.98. The minimum Gasteiger partial charge on any atom is -0.376 e. The Bertz CT molecular complexity index is 221. The van der Waals surface area contributed by atoms with Crippen molar-refractivity contribution in [2.24, 2.45) is 5.92 Å². The quantitative estimate of drug-likeness (QED) is 0.704. The summed E-state index contributed by atoms with van der Waals surface area (Å²) in [6.45, 7) is 9.75. The lowest BCUT2D eigenvalue weighted by Crippen LogP contribution is -2.50. The average Bonchev–Trinajstić information content (AvgIpc) is 2.41. The van der Waals surface area contributed by atoms with Gasteiger partial charge < -0.3 is 14.2 Å². The highest BCUT2D eigenvalue weighted by Gasteiger charge is 2.29. The Morgan fingerprint density at radius 1 is 1.17 bits per heavy atom. The molecule has 0 aromatic rings. The molecule has 2 aliphatic heterocycles. The van der Waals surface area contributed by atoms with E-state index in [1.165, 1.54) is 25.9 Å². The van der Waals surface area contributed by atoms with Gasteiger partial charge in [-0.1, -0.05) is 13.8 Å². The van der Waals surface area contributed by atoms with Gasteiger partial charge in [0.25, 0.3) is 0 Å². The van der Waals surface area contributed by atoms with Gasteiger partial charge in [-0.05, 0) is 38.3 Å². The number of likely N-dealkylation sites (tertiary alicyclic amines) is 1. The van der Waals surface area contributed by atoms with Gasteiger partial charge in [-0.2, -0.15) is 0 Å². The van der Waals surface area contributed by atoms with Crippen LogP contribution in [-0.4, -0.2) is 56.7 Å². The van der Waals surface area contributed by atoms with Crippen LogP contribution in [0.25, 0.3) is 0 Å². The van der Waals surface area contributed by atoms with Crippen molar-refractivity contribution in [2.45, 2.75) is 45.4 Å². The fourth-order valence-electron chi connectivity index (χ4n) is 2.56. The Morgan fingerprint density at radius 3 is 2.44 bits per heavy atom. The average molecular weight is 257 g/mol. The standard InChI is InChI=1S/C14H27NO3/c1-3-8-16-11-14-17-9-13(10-18-14)15-6-4-12(2)5-7-15/h12-14H,3-11H2,1-2H3. The van der Waals surface area contributed by atoms with E-state index in [9.17, 15) is 0 Å². The molecule has 2 rings (SSSR count). The molecule has 4 nitrogen and oxygen atoms in total. The Hall–Kier alpha value is -0.160. The van der Waals surface area contributed by atoms with E-state index in [1.807, 2.05) is 0 Å². The maximum atomic E-state index is 5.73. The fourth-order valence-corrected chi connectivity index (χ4v) is 2.56. The van der Waals surface area contributed by atoms with Crippen molar-refractivity contribution in [2.75, 3.05) is 39.5 Å². The Morgan fingerprint density at radius 2 is 1.83 bits per heavy atom. The van der Waals surface area contributed by atoms with Gasteiger partial charge >= 0.3 is 0 Å². The van der Waals surface area contributed by atoms with Crippen molar-refractivity contribution < 1.29 is 14.2 Å². The lowest BCUT2D eigenvalue weighted by molar-refractivity contribution is -0.225. The summed E-state index contributed by atoms with van der Waals surface area (Å²) in [4.78, 5) is 2.52. The first-order chi connectivity index (χ1) is 8.79. The Kier molecular flexibility index (Phi) is 5.89. The molecule has 106 valence electrons. The highest BCUT2D eigenvalue weighted by molar-refractivity contribution is 4.78. The molecule has 0 atom stereocenters. The minimum absolute atomic E-state index is 0.156. The first-order valence-corrected chi connectivity index (χ1v) is 7.34. The van der Waals surface area contributed by atoms with Crippen LogP contribution >= 0.6 is 0 Å². The fraction of sp³-hybridized carbons (Fsp3) is 1.00. The van der Waals surface area contributed by atoms with Crippen LogP contribution < -0.4 is 0 Å². The van der Waals surface area contributed by atoms with Crippen LogP contribution in [0, 0.1) is 5.92 Å². The van der Waals surface area contributed by atoms with E-state index in [-0.39, 0.29) is 6.29 Å². The SMILES string of the molecule is CCCOCC1OCC(N2CCC(C)CC2)CO1. The minimum atomic E-state index is -0.156. The molecule has 2 aliphatic rings. The van der Waals surface area contributed by atoms with Crippen molar-refractivity contribution in [3.8, 4) is 0 Å². The van der Waals surface area contributed by atoms with Crippen LogP contribution in [0.2, 0.25) is 0 Å². The van der Waals surface area contributed by atoms with Crippen molar-refractivity contribution in [3.05, 3.63) is 0 Å². The number of piperidine rings is 1. The summed E-state index contributed by atoms with van der Waals surface area (Å²) in [6.07, 6.45) is 3.50. The summed E-state index contributed by atoms with van der Waals surface area (Å²) in [5.74, 6) is 0.877. The van der Waals surface area contributed by atoms with Gasteiger partial charge in [-0.25, -0.2) is 0 Å². The van der Waals surface area contributed by atoms with Gasteiger partial charge in [-0.3, -0.25) is 4.90 Å². The zero-order valence-corrected chi connectivity index (χ0v) is 11.8. The molecule has 2 fully saturated rings. The summed E-state index contributed by atoms with van der Waals surface area (Å²) < 4.78 is 16.9. The van der Waals surface area contributed by atoms with E-state index >= 15 is 0 Å². The molecule has 0 unspecified atom stereocenters. The second-order valence-electron chi connectivity index (χ2n) is 5.54.